The van der Waals surface area contributed by atoms with Crippen LogP contribution in [0, 0.1) is 5.92 Å². The first-order valence-electron chi connectivity index (χ1n) is 9.85. The van der Waals surface area contributed by atoms with E-state index in [-0.39, 0.29) is 13.0 Å². The first-order chi connectivity index (χ1) is 14.6. The molecule has 0 bridgehead atoms. The molecule has 3 atom stereocenters. The van der Waals surface area contributed by atoms with Crippen LogP contribution in [0.4, 0.5) is 4.79 Å². The Morgan fingerprint density at radius 3 is 2.40 bits per heavy atom. The Kier molecular flexibility index (Phi) is 7.43. The van der Waals surface area contributed by atoms with Crippen LogP contribution < -0.4 is 0 Å². The van der Waals surface area contributed by atoms with Crippen molar-refractivity contribution >= 4 is 12.0 Å². The standard InChI is InChI=1S/C22H24N4O4/c23-25-24-19(11-16-7-3-1-4-8-16)13-18(14-27)21(28)26-20(15-30-22(26)29)12-17-9-5-2-6-10-17/h1-10,18-20,27H,11-15H2/t18?,19?,20-/m0/s1. The second kappa shape index (κ2) is 10.4. The highest BCUT2D eigenvalue weighted by Gasteiger charge is 2.41. The van der Waals surface area contributed by atoms with Gasteiger partial charge in [0.2, 0.25) is 5.91 Å². The summed E-state index contributed by atoms with van der Waals surface area (Å²) >= 11 is 0. The molecule has 1 aliphatic heterocycles. The van der Waals surface area contributed by atoms with Crippen molar-refractivity contribution in [2.75, 3.05) is 13.2 Å². The second-order valence-electron chi connectivity index (χ2n) is 7.29. The van der Waals surface area contributed by atoms with Gasteiger partial charge < -0.3 is 9.84 Å². The maximum absolute atomic E-state index is 13.1. The summed E-state index contributed by atoms with van der Waals surface area (Å²) < 4.78 is 5.12. The molecule has 0 aromatic heterocycles. The van der Waals surface area contributed by atoms with Gasteiger partial charge in [-0.05, 0) is 35.9 Å². The maximum Gasteiger partial charge on any atom is 0.416 e. The van der Waals surface area contributed by atoms with Crippen LogP contribution in [0.1, 0.15) is 17.5 Å². The van der Waals surface area contributed by atoms with E-state index in [4.69, 9.17) is 10.3 Å². The van der Waals surface area contributed by atoms with Gasteiger partial charge >= 0.3 is 6.09 Å². The van der Waals surface area contributed by atoms with Crippen molar-refractivity contribution in [1.29, 1.82) is 0 Å². The highest BCUT2D eigenvalue weighted by Crippen LogP contribution is 2.23. The van der Waals surface area contributed by atoms with E-state index in [0.717, 1.165) is 16.0 Å². The van der Waals surface area contributed by atoms with Crippen molar-refractivity contribution in [3.8, 4) is 0 Å². The second-order valence-corrected chi connectivity index (χ2v) is 7.29. The van der Waals surface area contributed by atoms with Gasteiger partial charge in [-0.2, -0.15) is 0 Å². The zero-order valence-electron chi connectivity index (χ0n) is 16.5. The maximum atomic E-state index is 13.1. The minimum absolute atomic E-state index is 0.113. The van der Waals surface area contributed by atoms with Gasteiger partial charge in [0.1, 0.15) is 6.61 Å². The molecule has 2 aromatic rings. The van der Waals surface area contributed by atoms with Crippen molar-refractivity contribution in [2.24, 2.45) is 11.0 Å². The molecule has 30 heavy (non-hydrogen) atoms. The molecule has 2 amide bonds. The molecule has 0 aliphatic carbocycles. The summed E-state index contributed by atoms with van der Waals surface area (Å²) in [7, 11) is 0. The molecule has 3 rings (SSSR count). The summed E-state index contributed by atoms with van der Waals surface area (Å²) in [5, 5.41) is 13.7. The predicted molar refractivity (Wildman–Crippen MR) is 110 cm³/mol. The number of hydrogen-bond acceptors (Lipinski definition) is 5. The van der Waals surface area contributed by atoms with Crippen LogP contribution in [-0.2, 0) is 22.4 Å². The van der Waals surface area contributed by atoms with Gasteiger partial charge in [0, 0.05) is 11.0 Å². The summed E-state index contributed by atoms with van der Waals surface area (Å²) in [5.41, 5.74) is 10.9. The Balaban J connectivity index is 1.72. The van der Waals surface area contributed by atoms with E-state index in [9.17, 15) is 14.7 Å². The zero-order valence-corrected chi connectivity index (χ0v) is 16.5. The number of amides is 2. The molecular formula is C22H24N4O4. The number of ether oxygens (including phenoxy) is 1. The average molecular weight is 408 g/mol. The summed E-state index contributed by atoms with van der Waals surface area (Å²) in [5.74, 6) is -1.37. The number of cyclic esters (lactones) is 1. The number of hydrogen-bond donors (Lipinski definition) is 1. The summed E-state index contributed by atoms with van der Waals surface area (Å²) in [6.07, 6.45) is 0.339. The summed E-state index contributed by atoms with van der Waals surface area (Å²) in [6.45, 7) is -0.339. The minimum atomic E-state index is -0.867. The number of imide groups is 1. The van der Waals surface area contributed by atoms with E-state index in [0.29, 0.717) is 12.8 Å². The van der Waals surface area contributed by atoms with Gasteiger partial charge in [0.25, 0.3) is 0 Å². The van der Waals surface area contributed by atoms with E-state index in [1.54, 1.807) is 0 Å². The van der Waals surface area contributed by atoms with Crippen LogP contribution in [0.25, 0.3) is 10.4 Å². The normalized spacial score (nSPS) is 17.7. The fraction of sp³-hybridized carbons (Fsp3) is 0.364. The average Bonchev–Trinajstić information content (AvgIpc) is 3.13. The minimum Gasteiger partial charge on any atom is -0.447 e. The number of rotatable bonds is 9. The van der Waals surface area contributed by atoms with Crippen LogP contribution in [0.2, 0.25) is 0 Å². The third-order valence-corrected chi connectivity index (χ3v) is 5.17. The molecule has 2 unspecified atom stereocenters. The smallest absolute Gasteiger partial charge is 0.416 e. The lowest BCUT2D eigenvalue weighted by atomic mass is 9.94. The lowest BCUT2D eigenvalue weighted by molar-refractivity contribution is -0.135. The van der Waals surface area contributed by atoms with Crippen molar-refractivity contribution in [1.82, 2.24) is 4.90 Å². The molecule has 0 spiro atoms. The zero-order chi connectivity index (χ0) is 21.3. The molecule has 1 N–H and O–H groups in total. The number of carbonyl (C=O) groups is 2. The number of azide groups is 1. The highest BCUT2D eigenvalue weighted by atomic mass is 16.6. The van der Waals surface area contributed by atoms with Crippen LogP contribution in [-0.4, -0.2) is 47.3 Å². The topological polar surface area (TPSA) is 116 Å². The third-order valence-electron chi connectivity index (χ3n) is 5.17. The van der Waals surface area contributed by atoms with E-state index < -0.39 is 36.6 Å². The molecule has 1 heterocycles. The number of carbonyl (C=O) groups excluding carboxylic acids is 2. The lowest BCUT2D eigenvalue weighted by Crippen LogP contribution is -2.45. The Morgan fingerprint density at radius 2 is 1.80 bits per heavy atom. The highest BCUT2D eigenvalue weighted by molar-refractivity contribution is 5.95. The van der Waals surface area contributed by atoms with Crippen molar-refractivity contribution in [3.05, 3.63) is 82.2 Å². The third kappa shape index (κ3) is 5.37. The van der Waals surface area contributed by atoms with Crippen LogP contribution in [0.5, 0.6) is 0 Å². The fourth-order valence-corrected chi connectivity index (χ4v) is 3.68. The molecular weight excluding hydrogens is 384 g/mol. The number of aliphatic hydroxyl groups is 1. The van der Waals surface area contributed by atoms with E-state index in [2.05, 4.69) is 10.0 Å². The molecule has 156 valence electrons. The number of nitrogens with zero attached hydrogens (tertiary/aromatic N) is 4. The Hall–Kier alpha value is -3.35. The van der Waals surface area contributed by atoms with Crippen molar-refractivity contribution in [2.45, 2.75) is 31.3 Å². The predicted octanol–water partition coefficient (Wildman–Crippen LogP) is 3.50. The van der Waals surface area contributed by atoms with Gasteiger partial charge in [0.15, 0.2) is 0 Å². The Labute approximate surface area is 174 Å². The van der Waals surface area contributed by atoms with Crippen LogP contribution >= 0.6 is 0 Å². The molecule has 0 saturated carbocycles. The summed E-state index contributed by atoms with van der Waals surface area (Å²) in [4.78, 5) is 29.4. The van der Waals surface area contributed by atoms with Crippen LogP contribution in [0.3, 0.4) is 0 Å². The van der Waals surface area contributed by atoms with Gasteiger partial charge in [0.05, 0.1) is 18.6 Å². The molecule has 2 aromatic carbocycles. The number of aliphatic hydroxyl groups excluding tert-OH is 1. The van der Waals surface area contributed by atoms with Crippen LogP contribution in [0.15, 0.2) is 65.8 Å². The Morgan fingerprint density at radius 1 is 1.17 bits per heavy atom. The SMILES string of the molecule is [N-]=[N+]=NC(Cc1ccccc1)CC(CO)C(=O)N1C(=O)OC[C@@H]1Cc1ccccc1. The van der Waals surface area contributed by atoms with Crippen molar-refractivity contribution in [3.63, 3.8) is 0 Å². The van der Waals surface area contributed by atoms with Gasteiger partial charge in [-0.3, -0.25) is 4.79 Å². The molecule has 1 aliphatic rings. The van der Waals surface area contributed by atoms with Crippen molar-refractivity contribution < 1.29 is 19.4 Å². The molecule has 0 radical (unpaired) electrons. The molecule has 1 fully saturated rings. The largest absolute Gasteiger partial charge is 0.447 e. The lowest BCUT2D eigenvalue weighted by Gasteiger charge is -2.25. The fourth-order valence-electron chi connectivity index (χ4n) is 3.68. The first kappa shape index (κ1) is 21.4. The Bertz CT molecular complexity index is 900. The number of benzene rings is 2. The quantitative estimate of drug-likeness (QED) is 0.388. The first-order valence-corrected chi connectivity index (χ1v) is 9.85. The molecule has 8 heteroatoms. The van der Waals surface area contributed by atoms with Gasteiger partial charge in [-0.15, -0.1) is 0 Å². The molecule has 8 nitrogen and oxygen atoms in total. The van der Waals surface area contributed by atoms with E-state index in [1.807, 2.05) is 60.7 Å². The summed E-state index contributed by atoms with van der Waals surface area (Å²) in [6, 6.07) is 18.0. The monoisotopic (exact) mass is 408 g/mol. The van der Waals surface area contributed by atoms with Gasteiger partial charge in [-0.1, -0.05) is 65.8 Å². The molecule has 1 saturated heterocycles. The van der Waals surface area contributed by atoms with E-state index in [1.165, 1.54) is 0 Å². The van der Waals surface area contributed by atoms with Gasteiger partial charge in [-0.25, -0.2) is 9.69 Å². The van der Waals surface area contributed by atoms with E-state index >= 15 is 0 Å².